The van der Waals surface area contributed by atoms with Crippen molar-refractivity contribution in [2.24, 2.45) is 16.7 Å². The Balaban J connectivity index is 1.46. The Bertz CT molecular complexity index is 1540. The van der Waals surface area contributed by atoms with Gasteiger partial charge < -0.3 is 31.1 Å². The average molecular weight is 581 g/mol. The maximum atomic E-state index is 14.2. The maximum absolute atomic E-state index is 14.2. The lowest BCUT2D eigenvalue weighted by atomic mass is 10.0. The fourth-order valence-electron chi connectivity index (χ4n) is 4.01. The summed E-state index contributed by atoms with van der Waals surface area (Å²) in [5, 5.41) is 18.1. The number of benzene rings is 2. The molecule has 41 heavy (non-hydrogen) atoms. The number of hydrazone groups is 1. The Hall–Kier alpha value is -4.29. The molecule has 2 aromatic carbocycles. The molecule has 0 bridgehead atoms. The van der Waals surface area contributed by atoms with E-state index in [2.05, 4.69) is 20.6 Å². The van der Waals surface area contributed by atoms with Gasteiger partial charge in [-0.05, 0) is 56.0 Å². The minimum absolute atomic E-state index is 0.171. The van der Waals surface area contributed by atoms with E-state index in [9.17, 15) is 9.18 Å². The largest absolute Gasteiger partial charge is 0.490 e. The minimum Gasteiger partial charge on any atom is -0.490 e. The van der Waals surface area contributed by atoms with Gasteiger partial charge in [0.2, 0.25) is 0 Å². The number of hydrogen-bond acceptors (Lipinski definition) is 9. The van der Waals surface area contributed by atoms with Crippen LogP contribution in [0, 0.1) is 5.82 Å². The molecular formula is C29H33FN6O4S. The van der Waals surface area contributed by atoms with E-state index in [4.69, 9.17) is 25.8 Å². The van der Waals surface area contributed by atoms with Gasteiger partial charge in [-0.2, -0.15) is 5.10 Å². The van der Waals surface area contributed by atoms with E-state index in [1.165, 1.54) is 23.5 Å². The number of alkyl carbamates (subject to hydrolysis) is 1. The molecule has 4 rings (SSSR count). The smallest absolute Gasteiger partial charge is 0.407 e. The van der Waals surface area contributed by atoms with E-state index in [0.29, 0.717) is 35.0 Å². The summed E-state index contributed by atoms with van der Waals surface area (Å²) < 4.78 is 31.7. The van der Waals surface area contributed by atoms with Gasteiger partial charge in [-0.3, -0.25) is 0 Å². The predicted octanol–water partition coefficient (Wildman–Crippen LogP) is 4.86. The number of thiophene rings is 1. The highest BCUT2D eigenvalue weighted by Gasteiger charge is 2.18. The van der Waals surface area contributed by atoms with E-state index in [-0.39, 0.29) is 26.4 Å². The normalized spacial score (nSPS) is 12.0. The highest BCUT2D eigenvalue weighted by atomic mass is 32.1. The second kappa shape index (κ2) is 13.4. The van der Waals surface area contributed by atoms with Crippen molar-refractivity contribution in [2.45, 2.75) is 32.8 Å². The lowest BCUT2D eigenvalue weighted by Gasteiger charge is -2.19. The Labute approximate surface area is 241 Å². The highest BCUT2D eigenvalue weighted by Crippen LogP contribution is 2.39. The fraction of sp³-hybridized carbons (Fsp3) is 0.310. The number of rotatable bonds is 11. The zero-order chi connectivity index (χ0) is 29.4. The molecule has 12 heteroatoms. The van der Waals surface area contributed by atoms with Crippen molar-refractivity contribution in [3.63, 3.8) is 0 Å². The number of nitrogens with one attached hydrogen (secondary N) is 1. The van der Waals surface area contributed by atoms with Gasteiger partial charge in [0.25, 0.3) is 0 Å². The highest BCUT2D eigenvalue weighted by molar-refractivity contribution is 7.17. The molecule has 0 aliphatic rings. The van der Waals surface area contributed by atoms with Crippen LogP contribution >= 0.6 is 11.3 Å². The third kappa shape index (κ3) is 8.12. The summed E-state index contributed by atoms with van der Waals surface area (Å²) in [5.74, 6) is 5.51. The zero-order valence-electron chi connectivity index (χ0n) is 23.1. The van der Waals surface area contributed by atoms with Crippen LogP contribution in [0.3, 0.4) is 0 Å². The maximum Gasteiger partial charge on any atom is 0.407 e. The van der Waals surface area contributed by atoms with E-state index in [0.717, 1.165) is 21.2 Å². The fourth-order valence-corrected chi connectivity index (χ4v) is 4.91. The molecule has 0 aliphatic carbocycles. The summed E-state index contributed by atoms with van der Waals surface area (Å²) in [7, 11) is 0. The number of amidine groups is 1. The lowest BCUT2D eigenvalue weighted by Crippen LogP contribution is -2.34. The first kappa shape index (κ1) is 29.7. The van der Waals surface area contributed by atoms with Crippen LogP contribution in [0.15, 0.2) is 59.0 Å². The number of aromatic nitrogens is 2. The molecule has 0 spiro atoms. The molecule has 1 amide bonds. The van der Waals surface area contributed by atoms with Gasteiger partial charge in [0.1, 0.15) is 41.0 Å². The zero-order valence-corrected chi connectivity index (χ0v) is 24.0. The lowest BCUT2D eigenvalue weighted by molar-refractivity contribution is 0.0489. The van der Waals surface area contributed by atoms with Crippen LogP contribution in [0.4, 0.5) is 9.18 Å². The first-order chi connectivity index (χ1) is 19.6. The Morgan fingerprint density at radius 2 is 1.88 bits per heavy atom. The number of amides is 1. The van der Waals surface area contributed by atoms with Crippen molar-refractivity contribution >= 4 is 33.4 Å². The van der Waals surface area contributed by atoms with Gasteiger partial charge in [0.05, 0.1) is 17.9 Å². The van der Waals surface area contributed by atoms with E-state index in [1.54, 1.807) is 26.8 Å². The van der Waals surface area contributed by atoms with Crippen molar-refractivity contribution in [1.82, 2.24) is 15.5 Å². The number of nitrogens with zero attached hydrogens (tertiary/aromatic N) is 3. The first-order valence-corrected chi connectivity index (χ1v) is 13.9. The number of carbonyl (C=O) groups is 1. The number of fused-ring (bicyclic) bond motifs is 1. The van der Waals surface area contributed by atoms with Gasteiger partial charge >= 0.3 is 6.09 Å². The van der Waals surface area contributed by atoms with Gasteiger partial charge in [0.15, 0.2) is 0 Å². The molecule has 0 unspecified atom stereocenters. The minimum atomic E-state index is -0.568. The Kier molecular flexibility index (Phi) is 9.69. The van der Waals surface area contributed by atoms with Crippen LogP contribution in [0.25, 0.3) is 32.6 Å². The molecule has 2 heterocycles. The third-order valence-corrected chi connectivity index (χ3v) is 6.66. The van der Waals surface area contributed by atoms with Crippen LogP contribution in [-0.2, 0) is 15.9 Å². The summed E-state index contributed by atoms with van der Waals surface area (Å²) in [6.45, 7) is 6.35. The number of ether oxygens (including phenoxy) is 3. The van der Waals surface area contributed by atoms with Crippen molar-refractivity contribution < 1.29 is 23.4 Å². The van der Waals surface area contributed by atoms with Crippen molar-refractivity contribution in [2.75, 3.05) is 26.4 Å². The number of carbonyl (C=O) groups excluding carboxylic acids is 1. The second-order valence-corrected chi connectivity index (χ2v) is 11.0. The number of halogens is 1. The molecule has 0 saturated heterocycles. The quantitative estimate of drug-likeness (QED) is 0.0749. The molecule has 4 aromatic rings. The number of hydrogen-bond donors (Lipinski definition) is 3. The van der Waals surface area contributed by atoms with Crippen LogP contribution in [-0.4, -0.2) is 54.1 Å². The van der Waals surface area contributed by atoms with Crippen molar-refractivity contribution in [1.29, 1.82) is 0 Å². The molecule has 0 fully saturated rings. The van der Waals surface area contributed by atoms with E-state index in [1.807, 2.05) is 35.7 Å². The molecule has 0 radical (unpaired) electrons. The number of nitrogens with two attached hydrogens (primary N) is 2. The van der Waals surface area contributed by atoms with Crippen molar-refractivity contribution in [3.8, 4) is 28.3 Å². The molecule has 5 N–H and O–H groups in total. The average Bonchev–Trinajstić information content (AvgIpc) is 3.42. The SMILES string of the molecule is CC(C)(C)OC(=O)NCCOCCOc1cc(F)ccc1-c1nnc(-c2cccc(C/C(N)=N/N)c2)c2ccsc12. The van der Waals surface area contributed by atoms with Crippen molar-refractivity contribution in [3.05, 3.63) is 65.3 Å². The predicted molar refractivity (Wildman–Crippen MR) is 158 cm³/mol. The topological polar surface area (TPSA) is 147 Å². The van der Waals surface area contributed by atoms with Gasteiger partial charge in [0, 0.05) is 35.5 Å². The van der Waals surface area contributed by atoms with Crippen LogP contribution in [0.1, 0.15) is 26.3 Å². The summed E-state index contributed by atoms with van der Waals surface area (Å²) in [5.41, 5.74) is 8.98. The summed E-state index contributed by atoms with van der Waals surface area (Å²) in [6, 6.07) is 14.1. The van der Waals surface area contributed by atoms with Crippen LogP contribution in [0.5, 0.6) is 5.75 Å². The Morgan fingerprint density at radius 3 is 2.66 bits per heavy atom. The molecule has 0 atom stereocenters. The monoisotopic (exact) mass is 580 g/mol. The van der Waals surface area contributed by atoms with Crippen LogP contribution < -0.4 is 21.6 Å². The second-order valence-electron chi connectivity index (χ2n) is 10.1. The Morgan fingerprint density at radius 1 is 1.07 bits per heavy atom. The third-order valence-electron chi connectivity index (χ3n) is 5.74. The standard InChI is InChI=1S/C29H33FN6O4S/c1-29(2,3)40-28(37)33-10-11-38-12-13-39-23-17-20(30)7-8-21(23)26-27-22(9-14-41-27)25(35-36-26)19-6-4-5-18(15-19)16-24(31)34-32/h4-9,14-15,17H,10-13,16,32H2,1-3H3,(H2,31,34)(H,33,37). The molecule has 0 aliphatic heterocycles. The molecule has 10 nitrogen and oxygen atoms in total. The molecule has 216 valence electrons. The summed E-state index contributed by atoms with van der Waals surface area (Å²) in [6.07, 6.45) is -0.0877. The van der Waals surface area contributed by atoms with Crippen LogP contribution in [0.2, 0.25) is 0 Å². The summed E-state index contributed by atoms with van der Waals surface area (Å²) in [4.78, 5) is 11.7. The first-order valence-electron chi connectivity index (χ1n) is 13.0. The molecule has 2 aromatic heterocycles. The van der Waals surface area contributed by atoms with Gasteiger partial charge in [-0.25, -0.2) is 9.18 Å². The molecule has 0 saturated carbocycles. The van der Waals surface area contributed by atoms with Gasteiger partial charge in [-0.1, -0.05) is 18.2 Å². The van der Waals surface area contributed by atoms with E-state index < -0.39 is 17.5 Å². The molecular weight excluding hydrogens is 547 g/mol. The summed E-state index contributed by atoms with van der Waals surface area (Å²) >= 11 is 1.52. The van der Waals surface area contributed by atoms with E-state index >= 15 is 0 Å². The van der Waals surface area contributed by atoms with Gasteiger partial charge in [-0.15, -0.1) is 21.5 Å².